The molecule has 0 spiro atoms. The Balaban J connectivity index is 3.49. The van der Waals surface area contributed by atoms with Gasteiger partial charge in [-0.2, -0.15) is 0 Å². The summed E-state index contributed by atoms with van der Waals surface area (Å²) in [5, 5.41) is 0. The SMILES string of the molecule is C=CCC(CC)CCC(C)CC. The largest absolute Gasteiger partial charge is 0.103 e. The summed E-state index contributed by atoms with van der Waals surface area (Å²) in [5.74, 6) is 1.79. The first kappa shape index (κ1) is 11.7. The summed E-state index contributed by atoms with van der Waals surface area (Å²) in [4.78, 5) is 0. The molecule has 0 aromatic heterocycles. The van der Waals surface area contributed by atoms with E-state index in [0.717, 1.165) is 11.8 Å². The maximum atomic E-state index is 3.80. The van der Waals surface area contributed by atoms with Crippen molar-refractivity contribution in [3.05, 3.63) is 12.7 Å². The minimum Gasteiger partial charge on any atom is -0.103 e. The third kappa shape index (κ3) is 5.40. The lowest BCUT2D eigenvalue weighted by Crippen LogP contribution is -2.01. The average molecular weight is 168 g/mol. The summed E-state index contributed by atoms with van der Waals surface area (Å²) in [5.41, 5.74) is 0. The van der Waals surface area contributed by atoms with Gasteiger partial charge in [-0.15, -0.1) is 6.58 Å². The van der Waals surface area contributed by atoms with Crippen molar-refractivity contribution >= 4 is 0 Å². The van der Waals surface area contributed by atoms with Crippen molar-refractivity contribution in [1.82, 2.24) is 0 Å². The van der Waals surface area contributed by atoms with Gasteiger partial charge in [0.05, 0.1) is 0 Å². The highest BCUT2D eigenvalue weighted by molar-refractivity contribution is 4.72. The molecule has 0 aromatic carbocycles. The van der Waals surface area contributed by atoms with Crippen LogP contribution >= 0.6 is 0 Å². The lowest BCUT2D eigenvalue weighted by Gasteiger charge is -2.14. The lowest BCUT2D eigenvalue weighted by molar-refractivity contribution is 0.396. The molecular formula is C12H24. The maximum absolute atomic E-state index is 3.80. The quantitative estimate of drug-likeness (QED) is 0.494. The molecule has 0 bridgehead atoms. The topological polar surface area (TPSA) is 0 Å². The summed E-state index contributed by atoms with van der Waals surface area (Å²) in [6.45, 7) is 10.7. The molecule has 0 aliphatic carbocycles. The van der Waals surface area contributed by atoms with Crippen LogP contribution in [-0.4, -0.2) is 0 Å². The Labute approximate surface area is 78.1 Å². The molecule has 2 atom stereocenters. The molecule has 0 N–H and O–H groups in total. The number of hydrogen-bond donors (Lipinski definition) is 0. The van der Waals surface area contributed by atoms with Gasteiger partial charge in [-0.05, 0) is 24.7 Å². The van der Waals surface area contributed by atoms with E-state index < -0.39 is 0 Å². The van der Waals surface area contributed by atoms with Gasteiger partial charge in [0.15, 0.2) is 0 Å². The smallest absolute Gasteiger partial charge is 0.0325 e. The third-order valence-corrected chi connectivity index (χ3v) is 2.84. The van der Waals surface area contributed by atoms with Crippen molar-refractivity contribution in [1.29, 1.82) is 0 Å². The summed E-state index contributed by atoms with van der Waals surface area (Å²) in [7, 11) is 0. The third-order valence-electron chi connectivity index (χ3n) is 2.84. The molecule has 0 saturated heterocycles. The van der Waals surface area contributed by atoms with E-state index in [1.165, 1.54) is 32.1 Å². The normalized spacial score (nSPS) is 15.6. The molecule has 0 aliphatic heterocycles. The Bertz CT molecular complexity index is 105. The van der Waals surface area contributed by atoms with Gasteiger partial charge in [-0.25, -0.2) is 0 Å². The maximum Gasteiger partial charge on any atom is -0.0325 e. The van der Waals surface area contributed by atoms with Gasteiger partial charge in [-0.1, -0.05) is 46.1 Å². The minimum atomic E-state index is 0.886. The molecule has 0 amide bonds. The van der Waals surface area contributed by atoms with E-state index in [2.05, 4.69) is 33.4 Å². The van der Waals surface area contributed by atoms with Crippen LogP contribution in [0, 0.1) is 11.8 Å². The van der Waals surface area contributed by atoms with Gasteiger partial charge in [0, 0.05) is 0 Å². The molecule has 2 unspecified atom stereocenters. The first-order valence-electron chi connectivity index (χ1n) is 5.35. The van der Waals surface area contributed by atoms with E-state index in [9.17, 15) is 0 Å². The van der Waals surface area contributed by atoms with Gasteiger partial charge in [0.2, 0.25) is 0 Å². The standard InChI is InChI=1S/C12H24/c1-5-8-12(7-3)10-9-11(4)6-2/h5,11-12H,1,6-10H2,2-4H3. The van der Waals surface area contributed by atoms with Crippen LogP contribution in [-0.2, 0) is 0 Å². The summed E-state index contributed by atoms with van der Waals surface area (Å²) in [6, 6.07) is 0. The van der Waals surface area contributed by atoms with Crippen LogP contribution in [0.4, 0.5) is 0 Å². The summed E-state index contributed by atoms with van der Waals surface area (Å²) < 4.78 is 0. The van der Waals surface area contributed by atoms with Crippen LogP contribution in [0.5, 0.6) is 0 Å². The second-order valence-electron chi connectivity index (χ2n) is 3.89. The summed E-state index contributed by atoms with van der Waals surface area (Å²) >= 11 is 0. The number of hydrogen-bond acceptors (Lipinski definition) is 0. The number of rotatable bonds is 7. The molecule has 0 heterocycles. The minimum absolute atomic E-state index is 0.886. The second kappa shape index (κ2) is 7.39. The predicted octanol–water partition coefficient (Wildman–Crippen LogP) is 4.42. The molecule has 0 aliphatic rings. The highest BCUT2D eigenvalue weighted by Gasteiger charge is 2.06. The highest BCUT2D eigenvalue weighted by atomic mass is 14.1. The Hall–Kier alpha value is -0.260. The fourth-order valence-corrected chi connectivity index (χ4v) is 1.45. The summed E-state index contributed by atoms with van der Waals surface area (Å²) in [6.07, 6.45) is 8.67. The van der Waals surface area contributed by atoms with E-state index in [1.807, 2.05) is 0 Å². The average Bonchev–Trinajstić information content (AvgIpc) is 2.11. The molecule has 12 heavy (non-hydrogen) atoms. The molecular weight excluding hydrogens is 144 g/mol. The predicted molar refractivity (Wildman–Crippen MR) is 57.3 cm³/mol. The molecule has 0 radical (unpaired) electrons. The second-order valence-corrected chi connectivity index (χ2v) is 3.89. The van der Waals surface area contributed by atoms with Gasteiger partial charge >= 0.3 is 0 Å². The molecule has 0 rings (SSSR count). The van der Waals surface area contributed by atoms with E-state index >= 15 is 0 Å². The van der Waals surface area contributed by atoms with Gasteiger partial charge in [0.1, 0.15) is 0 Å². The fourth-order valence-electron chi connectivity index (χ4n) is 1.45. The monoisotopic (exact) mass is 168 g/mol. The zero-order valence-electron chi connectivity index (χ0n) is 8.97. The van der Waals surface area contributed by atoms with Crippen molar-refractivity contribution < 1.29 is 0 Å². The first-order valence-corrected chi connectivity index (χ1v) is 5.35. The van der Waals surface area contributed by atoms with E-state index in [4.69, 9.17) is 0 Å². The zero-order valence-corrected chi connectivity index (χ0v) is 8.97. The lowest BCUT2D eigenvalue weighted by atomic mass is 9.91. The van der Waals surface area contributed by atoms with E-state index in [1.54, 1.807) is 0 Å². The van der Waals surface area contributed by atoms with Gasteiger partial charge in [0.25, 0.3) is 0 Å². The molecule has 0 saturated carbocycles. The van der Waals surface area contributed by atoms with Crippen LogP contribution in [0.15, 0.2) is 12.7 Å². The van der Waals surface area contributed by atoms with Crippen LogP contribution in [0.2, 0.25) is 0 Å². The van der Waals surface area contributed by atoms with Crippen molar-refractivity contribution in [2.45, 2.75) is 52.9 Å². The molecule has 0 nitrogen and oxygen atoms in total. The van der Waals surface area contributed by atoms with Crippen LogP contribution in [0.25, 0.3) is 0 Å². The molecule has 72 valence electrons. The van der Waals surface area contributed by atoms with Crippen molar-refractivity contribution in [3.63, 3.8) is 0 Å². The molecule has 0 heteroatoms. The van der Waals surface area contributed by atoms with Crippen LogP contribution in [0.1, 0.15) is 52.9 Å². The van der Waals surface area contributed by atoms with Crippen LogP contribution < -0.4 is 0 Å². The van der Waals surface area contributed by atoms with Crippen LogP contribution in [0.3, 0.4) is 0 Å². The Morgan fingerprint density at radius 3 is 2.25 bits per heavy atom. The molecule has 0 aromatic rings. The molecule has 0 fully saturated rings. The van der Waals surface area contributed by atoms with Crippen molar-refractivity contribution in [3.8, 4) is 0 Å². The first-order chi connectivity index (χ1) is 5.74. The Morgan fingerprint density at radius 1 is 1.17 bits per heavy atom. The fraction of sp³-hybridized carbons (Fsp3) is 0.833. The number of allylic oxidation sites excluding steroid dienone is 1. The van der Waals surface area contributed by atoms with E-state index in [-0.39, 0.29) is 0 Å². The highest BCUT2D eigenvalue weighted by Crippen LogP contribution is 2.20. The zero-order chi connectivity index (χ0) is 9.40. The van der Waals surface area contributed by atoms with E-state index in [0.29, 0.717) is 0 Å². The Kier molecular flexibility index (Phi) is 7.23. The van der Waals surface area contributed by atoms with Gasteiger partial charge in [-0.3, -0.25) is 0 Å². The van der Waals surface area contributed by atoms with Crippen molar-refractivity contribution in [2.75, 3.05) is 0 Å². The van der Waals surface area contributed by atoms with Crippen molar-refractivity contribution in [2.24, 2.45) is 11.8 Å². The Morgan fingerprint density at radius 2 is 1.83 bits per heavy atom. The van der Waals surface area contributed by atoms with Gasteiger partial charge < -0.3 is 0 Å².